The Bertz CT molecular complexity index is 732. The van der Waals surface area contributed by atoms with Gasteiger partial charge in [0.1, 0.15) is 11.5 Å². The summed E-state index contributed by atoms with van der Waals surface area (Å²) < 4.78 is 26.9. The molecule has 1 aliphatic heterocycles. The van der Waals surface area contributed by atoms with E-state index < -0.39 is 10.2 Å². The van der Waals surface area contributed by atoms with Crippen LogP contribution in [0.4, 0.5) is 5.82 Å². The molecule has 2 aromatic rings. The predicted octanol–water partition coefficient (Wildman–Crippen LogP) is 0.491. The average molecular weight is 309 g/mol. The predicted molar refractivity (Wildman–Crippen MR) is 82.5 cm³/mol. The highest BCUT2D eigenvalue weighted by Crippen LogP contribution is 2.19. The lowest BCUT2D eigenvalue weighted by Crippen LogP contribution is -2.51. The summed E-state index contributed by atoms with van der Waals surface area (Å²) in [7, 11) is -0.202. The molecule has 0 saturated carbocycles. The van der Waals surface area contributed by atoms with E-state index in [9.17, 15) is 8.42 Å². The van der Waals surface area contributed by atoms with Gasteiger partial charge in [-0.1, -0.05) is 0 Å². The fourth-order valence-corrected chi connectivity index (χ4v) is 3.56. The Kier molecular flexibility index (Phi) is 3.60. The summed E-state index contributed by atoms with van der Waals surface area (Å²) in [5.74, 6) is 0.881. The molecule has 3 heterocycles. The van der Waals surface area contributed by atoms with Gasteiger partial charge in [0.15, 0.2) is 0 Å². The molecule has 2 aromatic heterocycles. The SMILES string of the molecule is CN(C)S(=O)(=O)N1CCN(c2ccc3cc[nH]c3n2)CC1. The number of piperazine rings is 1. The smallest absolute Gasteiger partial charge is 0.281 e. The van der Waals surface area contributed by atoms with Crippen molar-refractivity contribution >= 4 is 27.1 Å². The van der Waals surface area contributed by atoms with Gasteiger partial charge in [-0.25, -0.2) is 4.98 Å². The Hall–Kier alpha value is -1.64. The number of rotatable bonds is 3. The van der Waals surface area contributed by atoms with Gasteiger partial charge in [-0.2, -0.15) is 17.0 Å². The average Bonchev–Trinajstić information content (AvgIpc) is 2.94. The summed E-state index contributed by atoms with van der Waals surface area (Å²) in [6.07, 6.45) is 1.86. The van der Waals surface area contributed by atoms with E-state index >= 15 is 0 Å². The number of hydrogen-bond donors (Lipinski definition) is 1. The van der Waals surface area contributed by atoms with Crippen molar-refractivity contribution in [2.75, 3.05) is 45.2 Å². The van der Waals surface area contributed by atoms with Crippen molar-refractivity contribution < 1.29 is 8.42 Å². The molecule has 0 radical (unpaired) electrons. The number of aromatic nitrogens is 2. The van der Waals surface area contributed by atoms with Crippen molar-refractivity contribution in [3.8, 4) is 0 Å². The maximum Gasteiger partial charge on any atom is 0.281 e. The van der Waals surface area contributed by atoms with Crippen molar-refractivity contribution in [2.24, 2.45) is 0 Å². The van der Waals surface area contributed by atoms with Crippen molar-refractivity contribution in [3.05, 3.63) is 24.4 Å². The largest absolute Gasteiger partial charge is 0.354 e. The molecule has 21 heavy (non-hydrogen) atoms. The molecule has 0 atom stereocenters. The lowest BCUT2D eigenvalue weighted by atomic mass is 10.3. The van der Waals surface area contributed by atoms with Gasteiger partial charge in [0, 0.05) is 51.9 Å². The van der Waals surface area contributed by atoms with Crippen LogP contribution in [0.1, 0.15) is 0 Å². The molecule has 0 unspecified atom stereocenters. The number of nitrogens with zero attached hydrogens (tertiary/aromatic N) is 4. The molecule has 1 saturated heterocycles. The van der Waals surface area contributed by atoms with E-state index in [4.69, 9.17) is 0 Å². The van der Waals surface area contributed by atoms with E-state index in [0.717, 1.165) is 16.9 Å². The van der Waals surface area contributed by atoms with E-state index in [1.54, 1.807) is 14.1 Å². The lowest BCUT2D eigenvalue weighted by Gasteiger charge is -2.35. The van der Waals surface area contributed by atoms with Gasteiger partial charge in [0.05, 0.1) is 0 Å². The number of hydrogen-bond acceptors (Lipinski definition) is 4. The van der Waals surface area contributed by atoms with Gasteiger partial charge in [-0.3, -0.25) is 0 Å². The number of pyridine rings is 1. The molecule has 0 amide bonds. The molecule has 114 valence electrons. The van der Waals surface area contributed by atoms with Gasteiger partial charge in [0.2, 0.25) is 0 Å². The fraction of sp³-hybridized carbons (Fsp3) is 0.462. The van der Waals surface area contributed by atoms with Gasteiger partial charge in [-0.05, 0) is 18.2 Å². The minimum Gasteiger partial charge on any atom is -0.354 e. The molecule has 1 aliphatic rings. The normalized spacial score (nSPS) is 17.8. The lowest BCUT2D eigenvalue weighted by molar-refractivity contribution is 0.355. The molecule has 0 spiro atoms. The van der Waals surface area contributed by atoms with Crippen LogP contribution in [0.25, 0.3) is 11.0 Å². The van der Waals surface area contributed by atoms with Gasteiger partial charge >= 0.3 is 0 Å². The van der Waals surface area contributed by atoms with E-state index in [-0.39, 0.29) is 0 Å². The minimum absolute atomic E-state index is 0.477. The first kappa shape index (κ1) is 14.3. The summed E-state index contributed by atoms with van der Waals surface area (Å²) >= 11 is 0. The molecular formula is C13H19N5O2S. The first-order valence-corrected chi connectivity index (χ1v) is 8.25. The van der Waals surface area contributed by atoms with Crippen molar-refractivity contribution in [3.63, 3.8) is 0 Å². The summed E-state index contributed by atoms with van der Waals surface area (Å²) in [6.45, 7) is 2.24. The Morgan fingerprint density at radius 2 is 1.86 bits per heavy atom. The molecular weight excluding hydrogens is 290 g/mol. The standard InChI is InChI=1S/C13H19N5O2S/c1-16(2)21(19,20)18-9-7-17(8-10-18)12-4-3-11-5-6-14-13(11)15-12/h3-6H,7-10H2,1-2H3,(H,14,15). The van der Waals surface area contributed by atoms with Crippen LogP contribution in [0.3, 0.4) is 0 Å². The first-order valence-electron chi connectivity index (χ1n) is 6.85. The van der Waals surface area contributed by atoms with Crippen LogP contribution in [0, 0.1) is 0 Å². The van der Waals surface area contributed by atoms with E-state index in [1.807, 2.05) is 24.4 Å². The van der Waals surface area contributed by atoms with Crippen LogP contribution in [0.15, 0.2) is 24.4 Å². The van der Waals surface area contributed by atoms with Crippen molar-refractivity contribution in [2.45, 2.75) is 0 Å². The zero-order valence-corrected chi connectivity index (χ0v) is 13.0. The highest BCUT2D eigenvalue weighted by atomic mass is 32.2. The number of nitrogens with one attached hydrogen (secondary N) is 1. The van der Waals surface area contributed by atoms with E-state index in [2.05, 4.69) is 14.9 Å². The topological polar surface area (TPSA) is 72.5 Å². The first-order chi connectivity index (χ1) is 9.98. The second-order valence-corrected chi connectivity index (χ2v) is 7.40. The second kappa shape index (κ2) is 5.28. The molecule has 0 aliphatic carbocycles. The molecule has 8 heteroatoms. The maximum atomic E-state index is 12.1. The van der Waals surface area contributed by atoms with Gasteiger partial charge in [-0.15, -0.1) is 0 Å². The number of fused-ring (bicyclic) bond motifs is 1. The van der Waals surface area contributed by atoms with Crippen molar-refractivity contribution in [1.29, 1.82) is 0 Å². The van der Waals surface area contributed by atoms with Crippen LogP contribution >= 0.6 is 0 Å². The fourth-order valence-electron chi connectivity index (χ4n) is 2.48. The molecule has 0 bridgehead atoms. The summed E-state index contributed by atoms with van der Waals surface area (Å²) in [5, 5.41) is 1.08. The summed E-state index contributed by atoms with van der Waals surface area (Å²) in [6, 6.07) is 5.98. The van der Waals surface area contributed by atoms with Crippen LogP contribution in [-0.4, -0.2) is 67.3 Å². The third-order valence-electron chi connectivity index (χ3n) is 3.75. The Balaban J connectivity index is 1.73. The highest BCUT2D eigenvalue weighted by molar-refractivity contribution is 7.86. The molecule has 1 fully saturated rings. The maximum absolute atomic E-state index is 12.1. The quantitative estimate of drug-likeness (QED) is 0.896. The van der Waals surface area contributed by atoms with Crippen LogP contribution in [0.2, 0.25) is 0 Å². The molecule has 7 nitrogen and oxygen atoms in total. The number of anilines is 1. The molecule has 3 rings (SSSR count). The second-order valence-electron chi connectivity index (χ2n) is 5.26. The zero-order chi connectivity index (χ0) is 15.0. The molecule has 0 aromatic carbocycles. The van der Waals surface area contributed by atoms with Crippen molar-refractivity contribution in [1.82, 2.24) is 18.6 Å². The highest BCUT2D eigenvalue weighted by Gasteiger charge is 2.28. The minimum atomic E-state index is -3.32. The van der Waals surface area contributed by atoms with Crippen LogP contribution < -0.4 is 4.90 Å². The van der Waals surface area contributed by atoms with E-state index in [1.165, 1.54) is 8.61 Å². The third-order valence-corrected chi connectivity index (χ3v) is 5.69. The van der Waals surface area contributed by atoms with Gasteiger partial charge in [0.25, 0.3) is 10.2 Å². The van der Waals surface area contributed by atoms with E-state index in [0.29, 0.717) is 26.2 Å². The van der Waals surface area contributed by atoms with Crippen LogP contribution in [0.5, 0.6) is 0 Å². The van der Waals surface area contributed by atoms with Gasteiger partial charge < -0.3 is 9.88 Å². The Labute approximate surface area is 124 Å². The monoisotopic (exact) mass is 309 g/mol. The van der Waals surface area contributed by atoms with Crippen LogP contribution in [-0.2, 0) is 10.2 Å². The third kappa shape index (κ3) is 2.61. The summed E-state index contributed by atoms with van der Waals surface area (Å²) in [4.78, 5) is 9.78. The molecule has 1 N–H and O–H groups in total. The Morgan fingerprint density at radius 1 is 1.14 bits per heavy atom. The number of aromatic amines is 1. The zero-order valence-electron chi connectivity index (χ0n) is 12.2. The summed E-state index contributed by atoms with van der Waals surface area (Å²) in [5.41, 5.74) is 0.857. The Morgan fingerprint density at radius 3 is 2.52 bits per heavy atom. The number of H-pyrrole nitrogens is 1.